The van der Waals surface area contributed by atoms with Crippen LogP contribution in [0.15, 0.2) is 10.6 Å². The first kappa shape index (κ1) is 13.5. The van der Waals surface area contributed by atoms with Crippen molar-refractivity contribution in [2.45, 2.75) is 32.2 Å². The number of aryl methyl sites for hydroxylation is 1. The molecule has 0 radical (unpaired) electrons. The van der Waals surface area contributed by atoms with Gasteiger partial charge >= 0.3 is 6.03 Å². The molecule has 3 amide bonds. The van der Waals surface area contributed by atoms with E-state index in [0.29, 0.717) is 6.54 Å². The van der Waals surface area contributed by atoms with Crippen LogP contribution in [0.1, 0.15) is 36.8 Å². The molecule has 0 bridgehead atoms. The maximum Gasteiger partial charge on any atom is 0.318 e. The van der Waals surface area contributed by atoms with Crippen molar-refractivity contribution in [2.24, 2.45) is 5.73 Å². The zero-order valence-corrected chi connectivity index (χ0v) is 10.9. The number of carbonyl (C=O) groups is 2. The predicted octanol–water partition coefficient (Wildman–Crippen LogP) is 0.705. The normalized spacial score (nSPS) is 19.5. The van der Waals surface area contributed by atoms with Gasteiger partial charge in [-0.3, -0.25) is 15.0 Å². The van der Waals surface area contributed by atoms with Gasteiger partial charge in [-0.1, -0.05) is 5.16 Å². The van der Waals surface area contributed by atoms with Crippen molar-refractivity contribution in [3.63, 3.8) is 0 Å². The molecule has 1 aromatic rings. The second-order valence-electron chi connectivity index (χ2n) is 4.72. The second-order valence-corrected chi connectivity index (χ2v) is 4.72. The molecule has 1 aliphatic rings. The average molecular weight is 266 g/mol. The number of amides is 3. The van der Waals surface area contributed by atoms with Crippen molar-refractivity contribution in [1.82, 2.24) is 15.4 Å². The largest absolute Gasteiger partial charge is 0.361 e. The van der Waals surface area contributed by atoms with E-state index in [2.05, 4.69) is 15.4 Å². The van der Waals surface area contributed by atoms with Gasteiger partial charge in [0.2, 0.25) is 5.91 Å². The quantitative estimate of drug-likeness (QED) is 0.835. The molecule has 0 spiro atoms. The Hall–Kier alpha value is -1.89. The summed E-state index contributed by atoms with van der Waals surface area (Å²) in [4.78, 5) is 24.1. The second kappa shape index (κ2) is 5.83. The average Bonchev–Trinajstić information content (AvgIpc) is 2.93. The molecule has 1 saturated heterocycles. The van der Waals surface area contributed by atoms with Crippen LogP contribution in [-0.2, 0) is 4.79 Å². The van der Waals surface area contributed by atoms with Crippen molar-refractivity contribution < 1.29 is 14.1 Å². The molecule has 3 N–H and O–H groups in total. The zero-order valence-electron chi connectivity index (χ0n) is 10.9. The van der Waals surface area contributed by atoms with Crippen LogP contribution in [0.3, 0.4) is 0 Å². The van der Waals surface area contributed by atoms with E-state index in [1.54, 1.807) is 0 Å². The van der Waals surface area contributed by atoms with E-state index in [9.17, 15) is 9.59 Å². The number of nitrogens with two attached hydrogens (primary N) is 1. The Morgan fingerprint density at radius 3 is 3.05 bits per heavy atom. The summed E-state index contributed by atoms with van der Waals surface area (Å²) in [5.41, 5.74) is 5.80. The summed E-state index contributed by atoms with van der Waals surface area (Å²) in [6.45, 7) is 3.35. The number of urea groups is 1. The molecule has 1 unspecified atom stereocenters. The summed E-state index contributed by atoms with van der Waals surface area (Å²) >= 11 is 0. The number of primary amides is 1. The third-order valence-electron chi connectivity index (χ3n) is 3.24. The molecule has 7 nitrogen and oxygen atoms in total. The van der Waals surface area contributed by atoms with Gasteiger partial charge < -0.3 is 10.3 Å². The lowest BCUT2D eigenvalue weighted by Crippen LogP contribution is -2.37. The monoisotopic (exact) mass is 266 g/mol. The molecule has 2 rings (SSSR count). The van der Waals surface area contributed by atoms with Gasteiger partial charge in [-0.15, -0.1) is 0 Å². The highest BCUT2D eigenvalue weighted by Gasteiger charge is 2.28. The van der Waals surface area contributed by atoms with Crippen LogP contribution in [0.5, 0.6) is 0 Å². The predicted molar refractivity (Wildman–Crippen MR) is 67.1 cm³/mol. The van der Waals surface area contributed by atoms with Gasteiger partial charge in [0.1, 0.15) is 11.5 Å². The highest BCUT2D eigenvalue weighted by molar-refractivity contribution is 5.93. The SMILES string of the molecule is Cc1cc(C2CCCN2CCC(=O)NC(N)=O)no1. The molecule has 0 aromatic carbocycles. The van der Waals surface area contributed by atoms with Crippen LogP contribution in [0.25, 0.3) is 0 Å². The molecular formula is C12H18N4O3. The number of imide groups is 1. The Bertz CT molecular complexity index is 471. The van der Waals surface area contributed by atoms with Crippen molar-refractivity contribution in [1.29, 1.82) is 0 Å². The molecule has 104 valence electrons. The number of nitrogens with zero attached hydrogens (tertiary/aromatic N) is 2. The van der Waals surface area contributed by atoms with Crippen LogP contribution in [0.2, 0.25) is 0 Å². The molecule has 2 heterocycles. The fourth-order valence-electron chi connectivity index (χ4n) is 2.42. The highest BCUT2D eigenvalue weighted by Crippen LogP contribution is 2.31. The number of rotatable bonds is 4. The lowest BCUT2D eigenvalue weighted by atomic mass is 10.1. The standard InChI is InChI=1S/C12H18N4O3/c1-8-7-9(15-19-8)10-3-2-5-16(10)6-4-11(17)14-12(13)18/h7,10H,2-6H2,1H3,(H3,13,14,17,18). The van der Waals surface area contributed by atoms with Crippen LogP contribution in [0, 0.1) is 6.92 Å². The van der Waals surface area contributed by atoms with Gasteiger partial charge in [-0.25, -0.2) is 4.79 Å². The van der Waals surface area contributed by atoms with E-state index < -0.39 is 6.03 Å². The lowest BCUT2D eigenvalue weighted by Gasteiger charge is -2.21. The van der Waals surface area contributed by atoms with Gasteiger partial charge in [0, 0.05) is 19.0 Å². The van der Waals surface area contributed by atoms with Gasteiger partial charge in [-0.05, 0) is 26.3 Å². The summed E-state index contributed by atoms with van der Waals surface area (Å²) in [6, 6.07) is 1.31. The summed E-state index contributed by atoms with van der Waals surface area (Å²) in [5, 5.41) is 6.10. The Morgan fingerprint density at radius 2 is 2.42 bits per heavy atom. The first-order chi connectivity index (χ1) is 9.06. The Balaban J connectivity index is 1.89. The van der Waals surface area contributed by atoms with E-state index in [1.165, 1.54) is 0 Å². The van der Waals surface area contributed by atoms with Crippen molar-refractivity contribution in [3.05, 3.63) is 17.5 Å². The van der Waals surface area contributed by atoms with Gasteiger partial charge in [0.25, 0.3) is 0 Å². The maximum atomic E-state index is 11.4. The number of nitrogens with one attached hydrogen (secondary N) is 1. The summed E-state index contributed by atoms with van der Waals surface area (Å²) in [6.07, 6.45) is 2.31. The third-order valence-corrected chi connectivity index (χ3v) is 3.24. The fourth-order valence-corrected chi connectivity index (χ4v) is 2.42. The summed E-state index contributed by atoms with van der Waals surface area (Å²) in [7, 11) is 0. The van der Waals surface area contributed by atoms with Crippen molar-refractivity contribution >= 4 is 11.9 Å². The van der Waals surface area contributed by atoms with E-state index >= 15 is 0 Å². The molecule has 7 heteroatoms. The first-order valence-electron chi connectivity index (χ1n) is 6.33. The molecule has 1 fully saturated rings. The minimum atomic E-state index is -0.810. The minimum absolute atomic E-state index is 0.193. The molecule has 19 heavy (non-hydrogen) atoms. The zero-order chi connectivity index (χ0) is 13.8. The van der Waals surface area contributed by atoms with Gasteiger partial charge in [-0.2, -0.15) is 0 Å². The van der Waals surface area contributed by atoms with Crippen LogP contribution in [-0.4, -0.2) is 35.1 Å². The van der Waals surface area contributed by atoms with E-state index in [1.807, 2.05) is 13.0 Å². The summed E-state index contributed by atoms with van der Waals surface area (Å²) < 4.78 is 5.09. The van der Waals surface area contributed by atoms with E-state index in [4.69, 9.17) is 10.3 Å². The van der Waals surface area contributed by atoms with Crippen LogP contribution < -0.4 is 11.1 Å². The number of likely N-dealkylation sites (tertiary alicyclic amines) is 1. The fraction of sp³-hybridized carbons (Fsp3) is 0.583. The Labute approximate surface area is 111 Å². The number of hydrogen-bond donors (Lipinski definition) is 2. The number of hydrogen-bond acceptors (Lipinski definition) is 5. The molecule has 1 aromatic heterocycles. The van der Waals surface area contributed by atoms with Gasteiger partial charge in [0.15, 0.2) is 0 Å². The molecular weight excluding hydrogens is 248 g/mol. The smallest absolute Gasteiger partial charge is 0.318 e. The Kier molecular flexibility index (Phi) is 4.16. The minimum Gasteiger partial charge on any atom is -0.361 e. The maximum absolute atomic E-state index is 11.4. The van der Waals surface area contributed by atoms with Gasteiger partial charge in [0.05, 0.1) is 6.04 Å². The van der Waals surface area contributed by atoms with E-state index in [-0.39, 0.29) is 18.4 Å². The van der Waals surface area contributed by atoms with E-state index in [0.717, 1.165) is 30.8 Å². The first-order valence-corrected chi connectivity index (χ1v) is 6.33. The molecule has 1 aliphatic heterocycles. The summed E-state index contributed by atoms with van der Waals surface area (Å²) in [5.74, 6) is 0.433. The lowest BCUT2D eigenvalue weighted by molar-refractivity contribution is -0.120. The third kappa shape index (κ3) is 3.54. The molecule has 1 atom stereocenters. The highest BCUT2D eigenvalue weighted by atomic mass is 16.5. The molecule has 0 saturated carbocycles. The van der Waals surface area contributed by atoms with Crippen LogP contribution >= 0.6 is 0 Å². The van der Waals surface area contributed by atoms with Crippen LogP contribution in [0.4, 0.5) is 4.79 Å². The Morgan fingerprint density at radius 1 is 1.63 bits per heavy atom. The number of aromatic nitrogens is 1. The topological polar surface area (TPSA) is 101 Å². The number of carbonyl (C=O) groups excluding carboxylic acids is 2. The molecule has 0 aliphatic carbocycles. The van der Waals surface area contributed by atoms with Crippen molar-refractivity contribution in [2.75, 3.05) is 13.1 Å². The van der Waals surface area contributed by atoms with Crippen molar-refractivity contribution in [3.8, 4) is 0 Å².